The highest BCUT2D eigenvalue weighted by Crippen LogP contribution is 2.32. The fraction of sp³-hybridized carbons (Fsp3) is 0.0769. The van der Waals surface area contributed by atoms with Crippen LogP contribution >= 0.6 is 11.6 Å². The third-order valence-electron chi connectivity index (χ3n) is 2.48. The highest BCUT2D eigenvalue weighted by molar-refractivity contribution is 6.30. The number of halogens is 2. The molecule has 2 aromatic carbocycles. The minimum Gasteiger partial charge on any atom is -0.495 e. The summed E-state index contributed by atoms with van der Waals surface area (Å²) >= 11 is 5.82. The van der Waals surface area contributed by atoms with Gasteiger partial charge in [-0.15, -0.1) is 0 Å². The molecule has 2 aromatic rings. The first-order valence-corrected chi connectivity index (χ1v) is 5.64. The number of nitrogen functional groups attached to an aromatic ring is 1. The van der Waals surface area contributed by atoms with Crippen LogP contribution in [0.5, 0.6) is 5.75 Å². The number of benzene rings is 2. The number of ether oxygens (including phenoxy) is 1. The van der Waals surface area contributed by atoms with E-state index in [1.807, 2.05) is 0 Å². The van der Waals surface area contributed by atoms with Gasteiger partial charge in [0.05, 0.1) is 24.2 Å². The van der Waals surface area contributed by atoms with E-state index in [9.17, 15) is 4.39 Å². The predicted molar refractivity (Wildman–Crippen MR) is 72.1 cm³/mol. The molecule has 0 aromatic heterocycles. The first kappa shape index (κ1) is 12.5. The van der Waals surface area contributed by atoms with E-state index in [1.165, 1.54) is 25.3 Å². The van der Waals surface area contributed by atoms with Crippen molar-refractivity contribution in [1.29, 1.82) is 0 Å². The number of nitrogens with two attached hydrogens (primary N) is 1. The first-order valence-electron chi connectivity index (χ1n) is 5.26. The third-order valence-corrected chi connectivity index (χ3v) is 2.72. The number of para-hydroxylation sites is 1. The second kappa shape index (κ2) is 5.14. The molecule has 0 aliphatic heterocycles. The topological polar surface area (TPSA) is 47.3 Å². The minimum atomic E-state index is -0.401. The molecule has 0 unspecified atom stereocenters. The lowest BCUT2D eigenvalue weighted by Gasteiger charge is -2.12. The van der Waals surface area contributed by atoms with Gasteiger partial charge in [-0.3, -0.25) is 0 Å². The van der Waals surface area contributed by atoms with Crippen LogP contribution in [0.1, 0.15) is 0 Å². The van der Waals surface area contributed by atoms with E-state index in [0.29, 0.717) is 22.1 Å². The Hall–Kier alpha value is -1.94. The van der Waals surface area contributed by atoms with Gasteiger partial charge in [-0.1, -0.05) is 17.7 Å². The number of rotatable bonds is 3. The van der Waals surface area contributed by atoms with E-state index < -0.39 is 5.82 Å². The molecule has 2 rings (SSSR count). The van der Waals surface area contributed by atoms with E-state index in [2.05, 4.69) is 5.32 Å². The van der Waals surface area contributed by atoms with Crippen LogP contribution in [0.4, 0.5) is 21.5 Å². The summed E-state index contributed by atoms with van der Waals surface area (Å²) in [6, 6.07) is 9.50. The van der Waals surface area contributed by atoms with Gasteiger partial charge in [0.2, 0.25) is 0 Å². The Kier molecular flexibility index (Phi) is 3.58. The second-order valence-corrected chi connectivity index (χ2v) is 4.11. The van der Waals surface area contributed by atoms with Crippen molar-refractivity contribution in [2.24, 2.45) is 0 Å². The molecule has 0 radical (unpaired) electrons. The third kappa shape index (κ3) is 2.49. The normalized spacial score (nSPS) is 10.2. The molecule has 0 amide bonds. The lowest BCUT2D eigenvalue weighted by molar-refractivity contribution is 0.417. The Labute approximate surface area is 109 Å². The number of anilines is 3. The Morgan fingerprint density at radius 3 is 2.72 bits per heavy atom. The summed E-state index contributed by atoms with van der Waals surface area (Å²) in [7, 11) is 1.52. The zero-order valence-corrected chi connectivity index (χ0v) is 10.5. The smallest absolute Gasteiger partial charge is 0.146 e. The Morgan fingerprint density at radius 2 is 2.00 bits per heavy atom. The molecule has 0 heterocycles. The summed E-state index contributed by atoms with van der Waals surface area (Å²) in [6.45, 7) is 0. The largest absolute Gasteiger partial charge is 0.495 e. The molecule has 0 aliphatic rings. The lowest BCUT2D eigenvalue weighted by Crippen LogP contribution is -2.00. The fourth-order valence-electron chi connectivity index (χ4n) is 1.57. The van der Waals surface area contributed by atoms with E-state index >= 15 is 0 Å². The van der Waals surface area contributed by atoms with Crippen LogP contribution < -0.4 is 15.8 Å². The standard InChI is InChI=1S/C13H12ClFN2O/c1-18-12-4-2-3-10(13(12)16)17-11-7-8(14)5-6-9(11)15/h2-7,17H,16H2,1H3. The number of hydrogen-bond acceptors (Lipinski definition) is 3. The fourth-order valence-corrected chi connectivity index (χ4v) is 1.74. The average molecular weight is 267 g/mol. The molecule has 0 saturated heterocycles. The highest BCUT2D eigenvalue weighted by atomic mass is 35.5. The zero-order chi connectivity index (χ0) is 13.1. The second-order valence-electron chi connectivity index (χ2n) is 3.67. The van der Waals surface area contributed by atoms with Gasteiger partial charge in [0.25, 0.3) is 0 Å². The molecule has 0 aliphatic carbocycles. The van der Waals surface area contributed by atoms with Crippen LogP contribution in [-0.4, -0.2) is 7.11 Å². The summed E-state index contributed by atoms with van der Waals surface area (Å²) in [5, 5.41) is 3.34. The average Bonchev–Trinajstić information content (AvgIpc) is 2.36. The maximum Gasteiger partial charge on any atom is 0.146 e. The number of nitrogens with one attached hydrogen (secondary N) is 1. The SMILES string of the molecule is COc1cccc(Nc2cc(Cl)ccc2F)c1N. The van der Waals surface area contributed by atoms with Crippen LogP contribution in [0.25, 0.3) is 0 Å². The van der Waals surface area contributed by atoms with Gasteiger partial charge >= 0.3 is 0 Å². The van der Waals surface area contributed by atoms with Crippen LogP contribution in [0.3, 0.4) is 0 Å². The lowest BCUT2D eigenvalue weighted by atomic mass is 10.2. The molecule has 18 heavy (non-hydrogen) atoms. The van der Waals surface area contributed by atoms with Gasteiger partial charge in [-0.25, -0.2) is 4.39 Å². The number of hydrogen-bond donors (Lipinski definition) is 2. The Morgan fingerprint density at radius 1 is 1.22 bits per heavy atom. The van der Waals surface area contributed by atoms with E-state index in [4.69, 9.17) is 22.1 Å². The van der Waals surface area contributed by atoms with Gasteiger partial charge < -0.3 is 15.8 Å². The van der Waals surface area contributed by atoms with Gasteiger partial charge in [0, 0.05) is 5.02 Å². The zero-order valence-electron chi connectivity index (χ0n) is 9.71. The maximum atomic E-state index is 13.6. The summed E-state index contributed by atoms with van der Waals surface area (Å²) in [6.07, 6.45) is 0. The Bertz CT molecular complexity index is 575. The molecule has 94 valence electrons. The van der Waals surface area contributed by atoms with Crippen molar-refractivity contribution in [3.05, 3.63) is 47.2 Å². The molecule has 5 heteroatoms. The van der Waals surface area contributed by atoms with Crippen molar-refractivity contribution >= 4 is 28.7 Å². The summed E-state index contributed by atoms with van der Waals surface area (Å²) in [4.78, 5) is 0. The molecule has 0 atom stereocenters. The Balaban J connectivity index is 2.37. The predicted octanol–water partition coefficient (Wildman–Crippen LogP) is 3.81. The minimum absolute atomic E-state index is 0.266. The van der Waals surface area contributed by atoms with Crippen molar-refractivity contribution in [2.45, 2.75) is 0 Å². The number of methoxy groups -OCH3 is 1. The molecule has 0 saturated carbocycles. The van der Waals surface area contributed by atoms with Crippen LogP contribution in [0.2, 0.25) is 5.02 Å². The van der Waals surface area contributed by atoms with Crippen molar-refractivity contribution < 1.29 is 9.13 Å². The summed E-state index contributed by atoms with van der Waals surface area (Å²) < 4.78 is 18.7. The van der Waals surface area contributed by atoms with Crippen molar-refractivity contribution in [3.63, 3.8) is 0 Å². The first-order chi connectivity index (χ1) is 8.61. The molecule has 0 spiro atoms. The van der Waals surface area contributed by atoms with Crippen LogP contribution in [-0.2, 0) is 0 Å². The monoisotopic (exact) mass is 266 g/mol. The highest BCUT2D eigenvalue weighted by Gasteiger charge is 2.08. The van der Waals surface area contributed by atoms with Crippen molar-refractivity contribution in [3.8, 4) is 5.75 Å². The molecule has 0 fully saturated rings. The van der Waals surface area contributed by atoms with Crippen molar-refractivity contribution in [2.75, 3.05) is 18.2 Å². The van der Waals surface area contributed by atoms with E-state index in [-0.39, 0.29) is 5.69 Å². The van der Waals surface area contributed by atoms with Crippen LogP contribution in [0.15, 0.2) is 36.4 Å². The molecule has 0 bridgehead atoms. The van der Waals surface area contributed by atoms with Crippen molar-refractivity contribution in [1.82, 2.24) is 0 Å². The van der Waals surface area contributed by atoms with Gasteiger partial charge in [0.1, 0.15) is 11.6 Å². The van der Waals surface area contributed by atoms with E-state index in [1.54, 1.807) is 18.2 Å². The van der Waals surface area contributed by atoms with Gasteiger partial charge in [-0.05, 0) is 30.3 Å². The summed E-state index contributed by atoms with van der Waals surface area (Å²) in [5.41, 5.74) is 7.13. The van der Waals surface area contributed by atoms with Crippen LogP contribution in [0, 0.1) is 5.82 Å². The van der Waals surface area contributed by atoms with Gasteiger partial charge in [-0.2, -0.15) is 0 Å². The summed E-state index contributed by atoms with van der Waals surface area (Å²) in [5.74, 6) is 0.129. The molecular formula is C13H12ClFN2O. The molecule has 3 nitrogen and oxygen atoms in total. The quantitative estimate of drug-likeness (QED) is 0.831. The van der Waals surface area contributed by atoms with Gasteiger partial charge in [0.15, 0.2) is 0 Å². The maximum absolute atomic E-state index is 13.6. The molecule has 3 N–H and O–H groups in total. The van der Waals surface area contributed by atoms with E-state index in [0.717, 1.165) is 0 Å². The molecular weight excluding hydrogens is 255 g/mol.